The van der Waals surface area contributed by atoms with Gasteiger partial charge in [0.15, 0.2) is 0 Å². The van der Waals surface area contributed by atoms with E-state index in [1.54, 1.807) is 13.8 Å². The van der Waals surface area contributed by atoms with Crippen molar-refractivity contribution in [1.29, 1.82) is 0 Å². The van der Waals surface area contributed by atoms with Crippen molar-refractivity contribution in [2.24, 2.45) is 0 Å². The molecule has 0 fully saturated rings. The number of nitrogens with zero attached hydrogens (tertiary/aromatic N) is 1. The second kappa shape index (κ2) is 3.86. The van der Waals surface area contributed by atoms with Crippen LogP contribution < -0.4 is 4.72 Å². The molecule has 6 heteroatoms. The van der Waals surface area contributed by atoms with Gasteiger partial charge in [-0.25, -0.2) is 4.72 Å². The maximum absolute atomic E-state index is 11.2. The van der Waals surface area contributed by atoms with Crippen LogP contribution in [0, 0.1) is 0 Å². The lowest BCUT2D eigenvalue weighted by atomic mass is 10.4. The second-order valence-corrected chi connectivity index (χ2v) is 4.50. The fourth-order valence-electron chi connectivity index (χ4n) is 0.531. The molecule has 1 amide bonds. The van der Waals surface area contributed by atoms with E-state index in [-0.39, 0.29) is 6.04 Å². The van der Waals surface area contributed by atoms with E-state index in [0.717, 1.165) is 11.2 Å². The van der Waals surface area contributed by atoms with Gasteiger partial charge in [0.05, 0.1) is 0 Å². The molecule has 0 unspecified atom stereocenters. The van der Waals surface area contributed by atoms with Crippen molar-refractivity contribution in [2.75, 3.05) is 7.05 Å². The first-order chi connectivity index (χ1) is 5.27. The monoisotopic (exact) mass is 194 g/mol. The first-order valence-corrected chi connectivity index (χ1v) is 4.97. The largest absolute Gasteiger partial charge is 0.303 e. The van der Waals surface area contributed by atoms with Crippen LogP contribution in [0.2, 0.25) is 0 Å². The fourth-order valence-corrected chi connectivity index (χ4v) is 1.59. The van der Waals surface area contributed by atoms with Gasteiger partial charge in [-0.15, -0.1) is 0 Å². The standard InChI is InChI=1S/C6H14N2O3S/c1-5(2)8(4)12(10,11)7-6(3)9/h5H,1-4H3,(H,7,9). The van der Waals surface area contributed by atoms with Gasteiger partial charge in [-0.3, -0.25) is 4.79 Å². The molecule has 0 atom stereocenters. The molecule has 0 saturated carbocycles. The van der Waals surface area contributed by atoms with E-state index in [1.165, 1.54) is 7.05 Å². The first kappa shape index (κ1) is 11.4. The Morgan fingerprint density at radius 3 is 2.08 bits per heavy atom. The van der Waals surface area contributed by atoms with Gasteiger partial charge in [-0.1, -0.05) is 0 Å². The summed E-state index contributed by atoms with van der Waals surface area (Å²) in [6.07, 6.45) is 0. The Hall–Kier alpha value is -0.620. The first-order valence-electron chi connectivity index (χ1n) is 3.53. The van der Waals surface area contributed by atoms with Crippen LogP contribution in [0.1, 0.15) is 20.8 Å². The average Bonchev–Trinajstić information content (AvgIpc) is 1.82. The molecule has 0 aliphatic carbocycles. The van der Waals surface area contributed by atoms with Crippen molar-refractivity contribution in [3.63, 3.8) is 0 Å². The van der Waals surface area contributed by atoms with Gasteiger partial charge in [-0.05, 0) is 13.8 Å². The van der Waals surface area contributed by atoms with E-state index >= 15 is 0 Å². The Kier molecular flexibility index (Phi) is 3.66. The van der Waals surface area contributed by atoms with Gasteiger partial charge >= 0.3 is 10.2 Å². The molecule has 0 rings (SSSR count). The van der Waals surface area contributed by atoms with Crippen molar-refractivity contribution in [1.82, 2.24) is 9.03 Å². The number of rotatable bonds is 3. The summed E-state index contributed by atoms with van der Waals surface area (Å²) in [5.74, 6) is -0.581. The second-order valence-electron chi connectivity index (χ2n) is 2.77. The van der Waals surface area contributed by atoms with Gasteiger partial charge in [0.25, 0.3) is 0 Å². The van der Waals surface area contributed by atoms with E-state index in [0.29, 0.717) is 0 Å². The molecule has 0 aromatic rings. The zero-order valence-electron chi connectivity index (χ0n) is 7.66. The summed E-state index contributed by atoms with van der Waals surface area (Å²) < 4.78 is 25.3. The summed E-state index contributed by atoms with van der Waals surface area (Å²) in [7, 11) is -2.21. The number of hydrogen-bond donors (Lipinski definition) is 1. The van der Waals surface area contributed by atoms with Gasteiger partial charge in [0, 0.05) is 20.0 Å². The van der Waals surface area contributed by atoms with Gasteiger partial charge in [0.1, 0.15) is 0 Å². The summed E-state index contributed by atoms with van der Waals surface area (Å²) in [5.41, 5.74) is 0. The van der Waals surface area contributed by atoms with Crippen molar-refractivity contribution in [2.45, 2.75) is 26.8 Å². The highest BCUT2D eigenvalue weighted by Crippen LogP contribution is 1.99. The van der Waals surface area contributed by atoms with Gasteiger partial charge in [0.2, 0.25) is 5.91 Å². The Balaban J connectivity index is 4.52. The molecule has 0 aliphatic heterocycles. The molecular formula is C6H14N2O3S. The van der Waals surface area contributed by atoms with E-state index in [4.69, 9.17) is 0 Å². The Morgan fingerprint density at radius 2 is 1.83 bits per heavy atom. The minimum atomic E-state index is -3.62. The van der Waals surface area contributed by atoms with Crippen molar-refractivity contribution in [3.05, 3.63) is 0 Å². The smallest absolute Gasteiger partial charge is 0.274 e. The molecule has 12 heavy (non-hydrogen) atoms. The molecular weight excluding hydrogens is 180 g/mol. The highest BCUT2D eigenvalue weighted by atomic mass is 32.2. The van der Waals surface area contributed by atoms with Gasteiger partial charge in [-0.2, -0.15) is 12.7 Å². The van der Waals surface area contributed by atoms with Crippen LogP contribution >= 0.6 is 0 Å². The average molecular weight is 194 g/mol. The van der Waals surface area contributed by atoms with Gasteiger partial charge < -0.3 is 0 Å². The minimum Gasteiger partial charge on any atom is -0.274 e. The lowest BCUT2D eigenvalue weighted by Gasteiger charge is -2.20. The third-order valence-corrected chi connectivity index (χ3v) is 3.10. The number of amides is 1. The molecule has 1 N–H and O–H groups in total. The molecule has 72 valence electrons. The zero-order chi connectivity index (χ0) is 9.94. The Morgan fingerprint density at radius 1 is 1.42 bits per heavy atom. The lowest BCUT2D eigenvalue weighted by Crippen LogP contribution is -2.43. The van der Waals surface area contributed by atoms with E-state index in [9.17, 15) is 13.2 Å². The molecule has 0 heterocycles. The molecule has 0 saturated heterocycles. The van der Waals surface area contributed by atoms with Crippen LogP contribution in [-0.2, 0) is 15.0 Å². The summed E-state index contributed by atoms with van der Waals surface area (Å²) in [5, 5.41) is 0. The van der Waals surface area contributed by atoms with Crippen LogP contribution in [0.4, 0.5) is 0 Å². The maximum Gasteiger partial charge on any atom is 0.303 e. The SMILES string of the molecule is CC(=O)NS(=O)(=O)N(C)C(C)C. The van der Waals surface area contributed by atoms with E-state index in [2.05, 4.69) is 0 Å². The Bertz CT molecular complexity index is 258. The molecule has 0 radical (unpaired) electrons. The zero-order valence-corrected chi connectivity index (χ0v) is 8.47. The number of hydrogen-bond acceptors (Lipinski definition) is 3. The third-order valence-electron chi connectivity index (χ3n) is 1.38. The van der Waals surface area contributed by atoms with Crippen molar-refractivity contribution < 1.29 is 13.2 Å². The topological polar surface area (TPSA) is 66.5 Å². The van der Waals surface area contributed by atoms with E-state index in [1.807, 2.05) is 4.72 Å². The Labute approximate surface area is 72.9 Å². The van der Waals surface area contributed by atoms with Crippen LogP contribution in [-0.4, -0.2) is 31.7 Å². The molecule has 0 spiro atoms. The highest BCUT2D eigenvalue weighted by molar-refractivity contribution is 7.87. The van der Waals surface area contributed by atoms with Crippen LogP contribution in [0.3, 0.4) is 0 Å². The van der Waals surface area contributed by atoms with Crippen LogP contribution in [0.15, 0.2) is 0 Å². The normalized spacial score (nSPS) is 12.2. The number of carbonyl (C=O) groups is 1. The lowest BCUT2D eigenvalue weighted by molar-refractivity contribution is -0.117. The summed E-state index contributed by atoms with van der Waals surface area (Å²) in [6, 6.07) is -0.165. The number of carbonyl (C=O) groups excluding carboxylic acids is 1. The van der Waals surface area contributed by atoms with Crippen LogP contribution in [0.5, 0.6) is 0 Å². The predicted octanol–water partition coefficient (Wildman–Crippen LogP) is -0.292. The van der Waals surface area contributed by atoms with E-state index < -0.39 is 16.1 Å². The maximum atomic E-state index is 11.2. The van der Waals surface area contributed by atoms with Crippen molar-refractivity contribution in [3.8, 4) is 0 Å². The molecule has 0 bridgehead atoms. The highest BCUT2D eigenvalue weighted by Gasteiger charge is 2.20. The molecule has 0 aliphatic rings. The summed E-state index contributed by atoms with van der Waals surface area (Å²) >= 11 is 0. The molecule has 0 aromatic carbocycles. The minimum absolute atomic E-state index is 0.165. The fraction of sp³-hybridized carbons (Fsp3) is 0.833. The predicted molar refractivity (Wildman–Crippen MR) is 45.6 cm³/mol. The third kappa shape index (κ3) is 3.19. The van der Waals surface area contributed by atoms with Crippen molar-refractivity contribution >= 4 is 16.1 Å². The number of nitrogens with one attached hydrogen (secondary N) is 1. The molecule has 5 nitrogen and oxygen atoms in total. The summed E-state index contributed by atoms with van der Waals surface area (Å²) in [4.78, 5) is 10.5. The molecule has 0 aromatic heterocycles. The summed E-state index contributed by atoms with van der Waals surface area (Å²) in [6.45, 7) is 4.60. The quantitative estimate of drug-likeness (QED) is 0.671. The van der Waals surface area contributed by atoms with Crippen LogP contribution in [0.25, 0.3) is 0 Å².